The normalized spacial score (nSPS) is 10.3. The van der Waals surface area contributed by atoms with Gasteiger partial charge in [-0.2, -0.15) is 0 Å². The second-order valence-corrected chi connectivity index (χ2v) is 5.47. The van der Waals surface area contributed by atoms with Gasteiger partial charge >= 0.3 is 0 Å². The fourth-order valence-corrected chi connectivity index (χ4v) is 2.17. The first kappa shape index (κ1) is 18.3. The van der Waals surface area contributed by atoms with Crippen molar-refractivity contribution in [2.24, 2.45) is 0 Å². The highest BCUT2D eigenvalue weighted by Gasteiger charge is 2.17. The topological polar surface area (TPSA) is 94.6 Å². The van der Waals surface area contributed by atoms with Gasteiger partial charge in [0.15, 0.2) is 17.3 Å². The number of anilines is 2. The summed E-state index contributed by atoms with van der Waals surface area (Å²) in [6, 6.07) is 6.80. The van der Waals surface area contributed by atoms with Crippen molar-refractivity contribution in [3.63, 3.8) is 0 Å². The molecular weight excluding hydrogens is 324 g/mol. The monoisotopic (exact) mass is 346 g/mol. The first-order chi connectivity index (χ1) is 12.0. The maximum atomic E-state index is 12.5. The van der Waals surface area contributed by atoms with Crippen LogP contribution in [-0.2, 0) is 0 Å². The smallest absolute Gasteiger partial charge is 0.257 e. The Hall–Kier alpha value is -3.03. The number of amides is 1. The SMILES string of the molecule is COc1cc(C(=O)Nc2ccc(NC(C)C)nn2)cc(OC)c1OC. The molecule has 0 bridgehead atoms. The third-order valence-corrected chi connectivity index (χ3v) is 3.27. The predicted octanol–water partition coefficient (Wildman–Crippen LogP) is 2.58. The first-order valence-electron chi connectivity index (χ1n) is 7.70. The van der Waals surface area contributed by atoms with Crippen LogP contribution in [0.25, 0.3) is 0 Å². The second-order valence-electron chi connectivity index (χ2n) is 5.47. The Kier molecular flexibility index (Phi) is 5.99. The number of rotatable bonds is 7. The fraction of sp³-hybridized carbons (Fsp3) is 0.353. The summed E-state index contributed by atoms with van der Waals surface area (Å²) in [5.74, 6) is 1.83. The van der Waals surface area contributed by atoms with Gasteiger partial charge in [-0.25, -0.2) is 0 Å². The lowest BCUT2D eigenvalue weighted by molar-refractivity contribution is 0.102. The van der Waals surface area contributed by atoms with Crippen LogP contribution in [0, 0.1) is 0 Å². The van der Waals surface area contributed by atoms with Gasteiger partial charge in [0.25, 0.3) is 5.91 Å². The standard InChI is InChI=1S/C17H22N4O4/c1-10(2)18-14-6-7-15(21-20-14)19-17(22)11-8-12(23-3)16(25-5)13(9-11)24-4/h6-10H,1-5H3,(H,18,20)(H,19,21,22). The molecule has 25 heavy (non-hydrogen) atoms. The van der Waals surface area contributed by atoms with E-state index in [2.05, 4.69) is 20.8 Å². The zero-order valence-corrected chi connectivity index (χ0v) is 14.9. The van der Waals surface area contributed by atoms with Gasteiger partial charge in [0.1, 0.15) is 5.82 Å². The number of hydrogen-bond acceptors (Lipinski definition) is 7. The lowest BCUT2D eigenvalue weighted by Crippen LogP contribution is -2.15. The summed E-state index contributed by atoms with van der Waals surface area (Å²) < 4.78 is 15.7. The van der Waals surface area contributed by atoms with E-state index in [4.69, 9.17) is 14.2 Å². The van der Waals surface area contributed by atoms with Crippen molar-refractivity contribution < 1.29 is 19.0 Å². The van der Waals surface area contributed by atoms with E-state index in [-0.39, 0.29) is 11.9 Å². The molecule has 0 atom stereocenters. The van der Waals surface area contributed by atoms with E-state index in [9.17, 15) is 4.79 Å². The number of benzene rings is 1. The third kappa shape index (κ3) is 4.50. The van der Waals surface area contributed by atoms with Gasteiger partial charge in [-0.15, -0.1) is 10.2 Å². The molecule has 1 aromatic heterocycles. The van der Waals surface area contributed by atoms with Crippen LogP contribution in [0.15, 0.2) is 24.3 Å². The lowest BCUT2D eigenvalue weighted by Gasteiger charge is -2.14. The van der Waals surface area contributed by atoms with Crippen molar-refractivity contribution in [3.05, 3.63) is 29.8 Å². The van der Waals surface area contributed by atoms with E-state index < -0.39 is 0 Å². The Morgan fingerprint density at radius 1 is 0.960 bits per heavy atom. The zero-order chi connectivity index (χ0) is 18.4. The first-order valence-corrected chi connectivity index (χ1v) is 7.70. The van der Waals surface area contributed by atoms with Gasteiger partial charge in [-0.05, 0) is 38.1 Å². The van der Waals surface area contributed by atoms with Crippen LogP contribution in [-0.4, -0.2) is 43.5 Å². The highest BCUT2D eigenvalue weighted by atomic mass is 16.5. The van der Waals surface area contributed by atoms with Crippen LogP contribution in [0.1, 0.15) is 24.2 Å². The van der Waals surface area contributed by atoms with Crippen LogP contribution in [0.2, 0.25) is 0 Å². The van der Waals surface area contributed by atoms with Crippen molar-refractivity contribution >= 4 is 17.5 Å². The van der Waals surface area contributed by atoms with Gasteiger partial charge in [0, 0.05) is 11.6 Å². The highest BCUT2D eigenvalue weighted by molar-refractivity contribution is 6.04. The molecule has 1 aromatic carbocycles. The molecule has 2 aromatic rings. The van der Waals surface area contributed by atoms with Crippen molar-refractivity contribution in [1.29, 1.82) is 0 Å². The molecule has 8 heteroatoms. The van der Waals surface area contributed by atoms with Gasteiger partial charge in [0.2, 0.25) is 5.75 Å². The molecule has 2 rings (SSSR count). The van der Waals surface area contributed by atoms with Crippen molar-refractivity contribution in [2.75, 3.05) is 32.0 Å². The fourth-order valence-electron chi connectivity index (χ4n) is 2.17. The number of carbonyl (C=O) groups is 1. The molecule has 0 saturated heterocycles. The molecule has 1 amide bonds. The number of nitrogens with one attached hydrogen (secondary N) is 2. The number of carbonyl (C=O) groups excluding carboxylic acids is 1. The number of ether oxygens (including phenoxy) is 3. The molecule has 134 valence electrons. The van der Waals surface area contributed by atoms with E-state index in [0.29, 0.717) is 34.4 Å². The highest BCUT2D eigenvalue weighted by Crippen LogP contribution is 2.38. The second kappa shape index (κ2) is 8.18. The zero-order valence-electron chi connectivity index (χ0n) is 14.9. The maximum absolute atomic E-state index is 12.5. The quantitative estimate of drug-likeness (QED) is 0.795. The number of hydrogen-bond donors (Lipinski definition) is 2. The molecule has 0 spiro atoms. The molecule has 0 fully saturated rings. The molecule has 0 unspecified atom stereocenters. The maximum Gasteiger partial charge on any atom is 0.257 e. The molecule has 0 aliphatic heterocycles. The molecule has 8 nitrogen and oxygen atoms in total. The minimum absolute atomic E-state index is 0.244. The molecule has 1 heterocycles. The minimum Gasteiger partial charge on any atom is -0.493 e. The van der Waals surface area contributed by atoms with Crippen LogP contribution >= 0.6 is 0 Å². The number of aromatic nitrogens is 2. The summed E-state index contributed by atoms with van der Waals surface area (Å²) in [6.07, 6.45) is 0. The largest absolute Gasteiger partial charge is 0.493 e. The Bertz CT molecular complexity index is 707. The summed E-state index contributed by atoms with van der Waals surface area (Å²) in [6.45, 7) is 4.00. The molecule has 0 aliphatic carbocycles. The van der Waals surface area contributed by atoms with Gasteiger partial charge in [-0.3, -0.25) is 4.79 Å². The van der Waals surface area contributed by atoms with E-state index in [1.165, 1.54) is 21.3 Å². The van der Waals surface area contributed by atoms with Crippen molar-refractivity contribution in [3.8, 4) is 17.2 Å². The predicted molar refractivity (Wildman–Crippen MR) is 94.8 cm³/mol. The van der Waals surface area contributed by atoms with E-state index in [0.717, 1.165) is 0 Å². The van der Waals surface area contributed by atoms with E-state index >= 15 is 0 Å². The Morgan fingerprint density at radius 3 is 1.96 bits per heavy atom. The molecule has 0 aliphatic rings. The van der Waals surface area contributed by atoms with Crippen LogP contribution < -0.4 is 24.8 Å². The van der Waals surface area contributed by atoms with Gasteiger partial charge < -0.3 is 24.8 Å². The molecule has 2 N–H and O–H groups in total. The van der Waals surface area contributed by atoms with Crippen molar-refractivity contribution in [1.82, 2.24) is 10.2 Å². The van der Waals surface area contributed by atoms with Gasteiger partial charge in [0.05, 0.1) is 21.3 Å². The Morgan fingerprint density at radius 2 is 1.52 bits per heavy atom. The molecule has 0 radical (unpaired) electrons. The lowest BCUT2D eigenvalue weighted by atomic mass is 10.1. The summed E-state index contributed by atoms with van der Waals surface area (Å²) in [7, 11) is 4.48. The molecule has 0 saturated carbocycles. The summed E-state index contributed by atoms with van der Waals surface area (Å²) in [5.41, 5.74) is 0.348. The average molecular weight is 346 g/mol. The Labute approximate surface area is 146 Å². The van der Waals surface area contributed by atoms with Crippen LogP contribution in [0.5, 0.6) is 17.2 Å². The average Bonchev–Trinajstić information content (AvgIpc) is 2.61. The summed E-state index contributed by atoms with van der Waals surface area (Å²) in [4.78, 5) is 12.5. The van der Waals surface area contributed by atoms with Gasteiger partial charge in [-0.1, -0.05) is 0 Å². The number of nitrogens with zero attached hydrogens (tertiary/aromatic N) is 2. The summed E-state index contributed by atoms with van der Waals surface area (Å²) in [5, 5.41) is 13.8. The van der Waals surface area contributed by atoms with Crippen molar-refractivity contribution in [2.45, 2.75) is 19.9 Å². The number of methoxy groups -OCH3 is 3. The third-order valence-electron chi connectivity index (χ3n) is 3.27. The van der Waals surface area contributed by atoms with Crippen LogP contribution in [0.3, 0.4) is 0 Å². The van der Waals surface area contributed by atoms with E-state index in [1.807, 2.05) is 13.8 Å². The van der Waals surface area contributed by atoms with Crippen LogP contribution in [0.4, 0.5) is 11.6 Å². The summed E-state index contributed by atoms with van der Waals surface area (Å²) >= 11 is 0. The van der Waals surface area contributed by atoms with E-state index in [1.54, 1.807) is 24.3 Å². The Balaban J connectivity index is 2.20. The molecular formula is C17H22N4O4. The minimum atomic E-state index is -0.363.